The van der Waals surface area contributed by atoms with E-state index in [1.165, 1.54) is 0 Å². The van der Waals surface area contributed by atoms with E-state index in [-0.39, 0.29) is 6.10 Å². The maximum absolute atomic E-state index is 6.10. The lowest BCUT2D eigenvalue weighted by atomic mass is 9.97. The minimum absolute atomic E-state index is 0.0844. The molecule has 1 heterocycles. The van der Waals surface area contributed by atoms with E-state index in [1.54, 1.807) is 0 Å². The second-order valence-corrected chi connectivity index (χ2v) is 4.23. The first-order chi connectivity index (χ1) is 6.83. The molecule has 76 valence electrons. The fourth-order valence-electron chi connectivity index (χ4n) is 1.84. The van der Waals surface area contributed by atoms with Gasteiger partial charge in [0.25, 0.3) is 0 Å². The Morgan fingerprint density at radius 2 is 2.14 bits per heavy atom. The van der Waals surface area contributed by atoms with Crippen molar-refractivity contribution < 1.29 is 4.74 Å². The summed E-state index contributed by atoms with van der Waals surface area (Å²) >= 11 is 12.0. The molecule has 0 bridgehead atoms. The van der Waals surface area contributed by atoms with Crippen molar-refractivity contribution in [1.82, 2.24) is 0 Å². The second-order valence-electron chi connectivity index (χ2n) is 3.52. The van der Waals surface area contributed by atoms with Gasteiger partial charge in [-0.3, -0.25) is 0 Å². The van der Waals surface area contributed by atoms with Crippen molar-refractivity contribution >= 4 is 23.2 Å². The highest BCUT2D eigenvalue weighted by Gasteiger charge is 2.29. The third-order valence-corrected chi connectivity index (χ3v) is 3.36. The van der Waals surface area contributed by atoms with E-state index >= 15 is 0 Å². The zero-order valence-electron chi connectivity index (χ0n) is 7.75. The Balaban J connectivity index is 2.26. The van der Waals surface area contributed by atoms with Crippen LogP contribution in [0.4, 0.5) is 0 Å². The van der Waals surface area contributed by atoms with Gasteiger partial charge in [-0.1, -0.05) is 29.8 Å². The molecule has 0 aromatic heterocycles. The van der Waals surface area contributed by atoms with Crippen molar-refractivity contribution in [3.63, 3.8) is 0 Å². The molecule has 1 fully saturated rings. The van der Waals surface area contributed by atoms with E-state index in [1.807, 2.05) is 24.3 Å². The van der Waals surface area contributed by atoms with Crippen molar-refractivity contribution in [3.05, 3.63) is 34.9 Å². The molecule has 14 heavy (non-hydrogen) atoms. The van der Waals surface area contributed by atoms with Gasteiger partial charge in [-0.05, 0) is 18.1 Å². The van der Waals surface area contributed by atoms with Crippen molar-refractivity contribution in [3.8, 4) is 0 Å². The maximum Gasteiger partial charge on any atom is 0.0879 e. The fraction of sp³-hybridized carbons (Fsp3) is 0.455. The minimum Gasteiger partial charge on any atom is -0.373 e. The Labute approximate surface area is 94.0 Å². The summed E-state index contributed by atoms with van der Waals surface area (Å²) in [5, 5.41) is 0.773. The Hall–Kier alpha value is -0.240. The van der Waals surface area contributed by atoms with E-state index < -0.39 is 0 Å². The normalized spacial score (nSPS) is 26.7. The zero-order valence-corrected chi connectivity index (χ0v) is 9.26. The van der Waals surface area contributed by atoms with Gasteiger partial charge in [0, 0.05) is 23.4 Å². The van der Waals surface area contributed by atoms with Gasteiger partial charge in [0.15, 0.2) is 0 Å². The first kappa shape index (κ1) is 10.3. The van der Waals surface area contributed by atoms with Crippen LogP contribution >= 0.6 is 23.2 Å². The lowest BCUT2D eigenvalue weighted by molar-refractivity contribution is 0.0952. The van der Waals surface area contributed by atoms with E-state index in [9.17, 15) is 0 Å². The van der Waals surface area contributed by atoms with Crippen molar-refractivity contribution in [2.24, 2.45) is 5.92 Å². The van der Waals surface area contributed by atoms with Crippen LogP contribution in [0, 0.1) is 5.92 Å². The summed E-state index contributed by atoms with van der Waals surface area (Å²) in [6.45, 7) is 0.785. The smallest absolute Gasteiger partial charge is 0.0879 e. The first-order valence-corrected chi connectivity index (χ1v) is 5.66. The average Bonchev–Trinajstić information content (AvgIpc) is 2.66. The molecular weight excluding hydrogens is 219 g/mol. The molecule has 2 unspecified atom stereocenters. The van der Waals surface area contributed by atoms with Crippen LogP contribution in [-0.4, -0.2) is 12.5 Å². The molecule has 1 nitrogen and oxygen atoms in total. The highest BCUT2D eigenvalue weighted by molar-refractivity contribution is 6.31. The van der Waals surface area contributed by atoms with Gasteiger partial charge < -0.3 is 4.74 Å². The van der Waals surface area contributed by atoms with Gasteiger partial charge >= 0.3 is 0 Å². The molecule has 1 saturated heterocycles. The van der Waals surface area contributed by atoms with E-state index in [4.69, 9.17) is 27.9 Å². The topological polar surface area (TPSA) is 9.23 Å². The van der Waals surface area contributed by atoms with Crippen molar-refractivity contribution in [2.45, 2.75) is 12.5 Å². The summed E-state index contributed by atoms with van der Waals surface area (Å²) in [4.78, 5) is 0. The van der Waals surface area contributed by atoms with Crippen LogP contribution in [0.2, 0.25) is 5.02 Å². The molecular formula is C11H12Cl2O. The number of halogens is 2. The number of ether oxygens (including phenoxy) is 1. The third kappa shape index (κ3) is 1.90. The predicted octanol–water partition coefficient (Wildman–Crippen LogP) is 3.66. The fourth-order valence-corrected chi connectivity index (χ4v) is 2.40. The molecule has 0 aliphatic carbocycles. The summed E-state index contributed by atoms with van der Waals surface area (Å²) in [5.74, 6) is 1.03. The van der Waals surface area contributed by atoms with Crippen LogP contribution in [-0.2, 0) is 4.74 Å². The van der Waals surface area contributed by atoms with E-state index in [0.29, 0.717) is 11.8 Å². The van der Waals surface area contributed by atoms with Crippen LogP contribution in [0.1, 0.15) is 18.1 Å². The molecule has 0 spiro atoms. The van der Waals surface area contributed by atoms with Gasteiger partial charge in [0.2, 0.25) is 0 Å². The van der Waals surface area contributed by atoms with Gasteiger partial charge in [-0.25, -0.2) is 0 Å². The number of rotatable bonds is 2. The maximum atomic E-state index is 6.10. The molecule has 3 heteroatoms. The molecule has 1 aliphatic heterocycles. The second kappa shape index (κ2) is 4.52. The molecule has 0 amide bonds. The van der Waals surface area contributed by atoms with Crippen molar-refractivity contribution in [1.29, 1.82) is 0 Å². The molecule has 0 radical (unpaired) electrons. The third-order valence-electron chi connectivity index (χ3n) is 2.62. The number of hydrogen-bond donors (Lipinski definition) is 0. The van der Waals surface area contributed by atoms with Gasteiger partial charge in [-0.15, -0.1) is 11.6 Å². The Kier molecular flexibility index (Phi) is 3.32. The monoisotopic (exact) mass is 230 g/mol. The molecule has 1 aliphatic rings. The summed E-state index contributed by atoms with van der Waals surface area (Å²) in [7, 11) is 0. The average molecular weight is 231 g/mol. The van der Waals surface area contributed by atoms with Crippen LogP contribution in [0.25, 0.3) is 0 Å². The Morgan fingerprint density at radius 3 is 2.86 bits per heavy atom. The molecule has 2 atom stereocenters. The van der Waals surface area contributed by atoms with Gasteiger partial charge in [0.1, 0.15) is 0 Å². The van der Waals surface area contributed by atoms with E-state index in [2.05, 4.69) is 0 Å². The summed E-state index contributed by atoms with van der Waals surface area (Å²) in [5.41, 5.74) is 1.07. The lowest BCUT2D eigenvalue weighted by Gasteiger charge is -2.17. The quantitative estimate of drug-likeness (QED) is 0.706. The largest absolute Gasteiger partial charge is 0.373 e. The van der Waals surface area contributed by atoms with Gasteiger partial charge in [0.05, 0.1) is 6.10 Å². The summed E-state index contributed by atoms with van der Waals surface area (Å²) in [6.07, 6.45) is 1.11. The van der Waals surface area contributed by atoms with Crippen LogP contribution in [0.15, 0.2) is 24.3 Å². The molecule has 1 aromatic rings. The number of alkyl halides is 1. The van der Waals surface area contributed by atoms with Crippen molar-refractivity contribution in [2.75, 3.05) is 12.5 Å². The highest BCUT2D eigenvalue weighted by Crippen LogP contribution is 2.38. The van der Waals surface area contributed by atoms with E-state index in [0.717, 1.165) is 23.6 Å². The summed E-state index contributed by atoms with van der Waals surface area (Å²) < 4.78 is 5.65. The zero-order chi connectivity index (χ0) is 9.97. The molecule has 0 saturated carbocycles. The van der Waals surface area contributed by atoms with Crippen LogP contribution in [0.5, 0.6) is 0 Å². The van der Waals surface area contributed by atoms with Gasteiger partial charge in [-0.2, -0.15) is 0 Å². The lowest BCUT2D eigenvalue weighted by Crippen LogP contribution is -2.09. The Morgan fingerprint density at radius 1 is 1.36 bits per heavy atom. The van der Waals surface area contributed by atoms with Crippen LogP contribution in [0.3, 0.4) is 0 Å². The SMILES string of the molecule is ClCC1CCOC1c1ccccc1Cl. The molecule has 0 N–H and O–H groups in total. The predicted molar refractivity (Wildman–Crippen MR) is 59.0 cm³/mol. The van der Waals surface area contributed by atoms with Crippen LogP contribution < -0.4 is 0 Å². The molecule has 2 rings (SSSR count). The summed E-state index contributed by atoms with van der Waals surface area (Å²) in [6, 6.07) is 7.81. The highest BCUT2D eigenvalue weighted by atomic mass is 35.5. The standard InChI is InChI=1S/C11H12Cl2O/c12-7-8-5-6-14-11(8)9-3-1-2-4-10(9)13/h1-4,8,11H,5-7H2. The first-order valence-electron chi connectivity index (χ1n) is 4.75. The number of hydrogen-bond acceptors (Lipinski definition) is 1. The number of benzene rings is 1. The molecule has 1 aromatic carbocycles. The minimum atomic E-state index is 0.0844. The Bertz CT molecular complexity index is 314.